The average Bonchev–Trinajstić information content (AvgIpc) is 1.88. The Morgan fingerprint density at radius 1 is 1.60 bits per heavy atom. The van der Waals surface area contributed by atoms with Gasteiger partial charge in [0.05, 0.1) is 5.50 Å². The van der Waals surface area contributed by atoms with Crippen LogP contribution in [0.2, 0.25) is 0 Å². The molecule has 1 unspecified atom stereocenters. The minimum absolute atomic E-state index is 0.149. The van der Waals surface area contributed by atoms with Crippen LogP contribution in [0.3, 0.4) is 0 Å². The highest BCUT2D eigenvalue weighted by Crippen LogP contribution is 2.05. The van der Waals surface area contributed by atoms with Crippen molar-refractivity contribution in [1.29, 1.82) is 0 Å². The lowest BCUT2D eigenvalue weighted by molar-refractivity contribution is 0.185. The number of alkyl halides is 1. The molecule has 2 nitrogen and oxygen atoms in total. The molecule has 0 aromatic carbocycles. The molecule has 0 aromatic rings. The first kappa shape index (κ1) is 8.31. The van der Waals surface area contributed by atoms with Gasteiger partial charge in [0, 0.05) is 25.7 Å². The van der Waals surface area contributed by atoms with Gasteiger partial charge in [-0.15, -0.1) is 11.6 Å². The Labute approximate surface area is 67.5 Å². The van der Waals surface area contributed by atoms with Gasteiger partial charge in [0.25, 0.3) is 0 Å². The van der Waals surface area contributed by atoms with Gasteiger partial charge in [0.15, 0.2) is 0 Å². The SMILES string of the molecule is CC(C)N1CCNC(Cl)C1. The van der Waals surface area contributed by atoms with Crippen LogP contribution < -0.4 is 5.32 Å². The Morgan fingerprint density at radius 3 is 2.70 bits per heavy atom. The van der Waals surface area contributed by atoms with Gasteiger partial charge in [-0.25, -0.2) is 0 Å². The lowest BCUT2D eigenvalue weighted by Crippen LogP contribution is -2.50. The molecule has 1 saturated heterocycles. The molecule has 10 heavy (non-hydrogen) atoms. The van der Waals surface area contributed by atoms with E-state index in [0.717, 1.165) is 19.6 Å². The molecule has 0 amide bonds. The summed E-state index contributed by atoms with van der Waals surface area (Å²) < 4.78 is 0. The van der Waals surface area contributed by atoms with Crippen molar-refractivity contribution in [1.82, 2.24) is 10.2 Å². The van der Waals surface area contributed by atoms with E-state index in [-0.39, 0.29) is 5.50 Å². The second-order valence-corrected chi connectivity index (χ2v) is 3.54. The van der Waals surface area contributed by atoms with Crippen LogP contribution in [0.4, 0.5) is 0 Å². The van der Waals surface area contributed by atoms with Crippen molar-refractivity contribution in [2.45, 2.75) is 25.4 Å². The van der Waals surface area contributed by atoms with E-state index in [2.05, 4.69) is 24.1 Å². The van der Waals surface area contributed by atoms with Crippen LogP contribution in [0.15, 0.2) is 0 Å². The predicted octanol–water partition coefficient (Wildman–Crippen LogP) is 0.865. The molecule has 1 N–H and O–H groups in total. The lowest BCUT2D eigenvalue weighted by atomic mass is 10.3. The maximum atomic E-state index is 5.90. The Hall–Kier alpha value is 0.210. The first-order valence-electron chi connectivity index (χ1n) is 3.81. The lowest BCUT2D eigenvalue weighted by Gasteiger charge is -2.33. The van der Waals surface area contributed by atoms with Gasteiger partial charge < -0.3 is 0 Å². The fourth-order valence-corrected chi connectivity index (χ4v) is 1.48. The van der Waals surface area contributed by atoms with Gasteiger partial charge in [-0.1, -0.05) is 0 Å². The molecule has 1 fully saturated rings. The molecule has 1 aliphatic heterocycles. The van der Waals surface area contributed by atoms with Crippen LogP contribution >= 0.6 is 11.6 Å². The van der Waals surface area contributed by atoms with Crippen molar-refractivity contribution in [3.8, 4) is 0 Å². The summed E-state index contributed by atoms with van der Waals surface area (Å²) in [6.07, 6.45) is 0. The first-order valence-corrected chi connectivity index (χ1v) is 4.25. The summed E-state index contributed by atoms with van der Waals surface area (Å²) in [6, 6.07) is 0.628. The zero-order valence-electron chi connectivity index (χ0n) is 6.60. The van der Waals surface area contributed by atoms with Gasteiger partial charge in [-0.05, 0) is 13.8 Å². The number of hydrogen-bond acceptors (Lipinski definition) is 2. The minimum atomic E-state index is 0.149. The van der Waals surface area contributed by atoms with Crippen molar-refractivity contribution in [2.75, 3.05) is 19.6 Å². The fraction of sp³-hybridized carbons (Fsp3) is 1.00. The van der Waals surface area contributed by atoms with Crippen molar-refractivity contribution in [3.05, 3.63) is 0 Å². The number of halogens is 1. The average molecular weight is 163 g/mol. The van der Waals surface area contributed by atoms with Gasteiger partial charge in [0.1, 0.15) is 0 Å². The van der Waals surface area contributed by atoms with Crippen LogP contribution in [0.25, 0.3) is 0 Å². The molecule has 0 radical (unpaired) electrons. The Bertz CT molecular complexity index is 106. The molecule has 0 aromatic heterocycles. The van der Waals surface area contributed by atoms with E-state index in [1.807, 2.05) is 0 Å². The summed E-state index contributed by atoms with van der Waals surface area (Å²) in [4.78, 5) is 2.38. The summed E-state index contributed by atoms with van der Waals surface area (Å²) in [5.74, 6) is 0. The number of piperazine rings is 1. The van der Waals surface area contributed by atoms with Crippen LogP contribution in [-0.2, 0) is 0 Å². The standard InChI is InChI=1S/C7H15ClN2/c1-6(2)10-4-3-9-7(8)5-10/h6-7,9H,3-5H2,1-2H3. The van der Waals surface area contributed by atoms with E-state index in [0.29, 0.717) is 6.04 Å². The van der Waals surface area contributed by atoms with Crippen molar-refractivity contribution >= 4 is 11.6 Å². The molecular formula is C7H15ClN2. The maximum absolute atomic E-state index is 5.90. The van der Waals surface area contributed by atoms with E-state index < -0.39 is 0 Å². The Kier molecular flexibility index (Phi) is 2.96. The van der Waals surface area contributed by atoms with Crippen LogP contribution in [0.5, 0.6) is 0 Å². The van der Waals surface area contributed by atoms with Crippen LogP contribution in [-0.4, -0.2) is 36.1 Å². The van der Waals surface area contributed by atoms with E-state index >= 15 is 0 Å². The molecule has 1 atom stereocenters. The Morgan fingerprint density at radius 2 is 2.30 bits per heavy atom. The van der Waals surface area contributed by atoms with Gasteiger partial charge >= 0.3 is 0 Å². The second-order valence-electron chi connectivity index (χ2n) is 3.01. The zero-order chi connectivity index (χ0) is 7.56. The molecule has 1 heterocycles. The molecule has 3 heteroatoms. The fourth-order valence-electron chi connectivity index (χ4n) is 1.20. The maximum Gasteiger partial charge on any atom is 0.0954 e. The predicted molar refractivity (Wildman–Crippen MR) is 44.4 cm³/mol. The highest BCUT2D eigenvalue weighted by Gasteiger charge is 2.18. The van der Waals surface area contributed by atoms with E-state index in [1.54, 1.807) is 0 Å². The molecule has 1 aliphatic rings. The molecule has 0 saturated carbocycles. The Balaban J connectivity index is 2.32. The van der Waals surface area contributed by atoms with Gasteiger partial charge in [0.2, 0.25) is 0 Å². The molecule has 1 rings (SSSR count). The topological polar surface area (TPSA) is 15.3 Å². The normalized spacial score (nSPS) is 29.4. The summed E-state index contributed by atoms with van der Waals surface area (Å²) in [5, 5.41) is 3.19. The third-order valence-corrected chi connectivity index (χ3v) is 2.18. The van der Waals surface area contributed by atoms with E-state index in [1.165, 1.54) is 0 Å². The summed E-state index contributed by atoms with van der Waals surface area (Å²) in [5.41, 5.74) is 0.149. The van der Waals surface area contributed by atoms with Crippen molar-refractivity contribution in [2.24, 2.45) is 0 Å². The highest BCUT2D eigenvalue weighted by molar-refractivity contribution is 6.20. The minimum Gasteiger partial charge on any atom is -0.299 e. The zero-order valence-corrected chi connectivity index (χ0v) is 7.36. The third kappa shape index (κ3) is 2.11. The first-order chi connectivity index (χ1) is 4.70. The van der Waals surface area contributed by atoms with E-state index in [4.69, 9.17) is 11.6 Å². The van der Waals surface area contributed by atoms with Crippen molar-refractivity contribution in [3.63, 3.8) is 0 Å². The quantitative estimate of drug-likeness (QED) is 0.455. The van der Waals surface area contributed by atoms with E-state index in [9.17, 15) is 0 Å². The van der Waals surface area contributed by atoms with Crippen molar-refractivity contribution < 1.29 is 0 Å². The number of hydrogen-bond donors (Lipinski definition) is 1. The largest absolute Gasteiger partial charge is 0.299 e. The monoisotopic (exact) mass is 162 g/mol. The smallest absolute Gasteiger partial charge is 0.0954 e. The molecule has 0 spiro atoms. The molecule has 0 aliphatic carbocycles. The number of nitrogens with one attached hydrogen (secondary N) is 1. The summed E-state index contributed by atoms with van der Waals surface area (Å²) >= 11 is 5.90. The number of rotatable bonds is 1. The molecular weight excluding hydrogens is 148 g/mol. The summed E-state index contributed by atoms with van der Waals surface area (Å²) in [6.45, 7) is 7.52. The van der Waals surface area contributed by atoms with Gasteiger partial charge in [-0.3, -0.25) is 10.2 Å². The van der Waals surface area contributed by atoms with Crippen LogP contribution in [0, 0.1) is 0 Å². The number of nitrogens with zero attached hydrogens (tertiary/aromatic N) is 1. The molecule has 0 bridgehead atoms. The summed E-state index contributed by atoms with van der Waals surface area (Å²) in [7, 11) is 0. The van der Waals surface area contributed by atoms with Gasteiger partial charge in [-0.2, -0.15) is 0 Å². The third-order valence-electron chi connectivity index (χ3n) is 1.89. The van der Waals surface area contributed by atoms with Crippen LogP contribution in [0.1, 0.15) is 13.8 Å². The second kappa shape index (κ2) is 3.56. The molecule has 60 valence electrons. The highest BCUT2D eigenvalue weighted by atomic mass is 35.5.